The van der Waals surface area contributed by atoms with Crippen molar-refractivity contribution in [3.63, 3.8) is 0 Å². The molecule has 0 fully saturated rings. The van der Waals surface area contributed by atoms with Crippen LogP contribution in [0.15, 0.2) is 197 Å². The standard InChI is InChI=1S/C52H31N3O2/c1-3-12-32(13-4-1)43-31-44(35-22-25-39-38-17-8-10-20-47(38)57-50(39)30-35)54-52(53-43)40-18-11-21-49-51(40)42-29-34(24-27-48(42)56-49)33-23-26-46-41(28-33)37-16-7-9-19-45(37)55(46)36-14-5-2-6-15-36/h1-31H. The molecule has 5 heteroatoms. The second-order valence-corrected chi connectivity index (χ2v) is 14.5. The van der Waals surface area contributed by atoms with Gasteiger partial charge in [0.2, 0.25) is 0 Å². The van der Waals surface area contributed by atoms with Gasteiger partial charge in [-0.15, -0.1) is 0 Å². The van der Waals surface area contributed by atoms with Crippen LogP contribution in [-0.4, -0.2) is 14.5 Å². The largest absolute Gasteiger partial charge is 0.456 e. The van der Waals surface area contributed by atoms with Gasteiger partial charge in [0.05, 0.1) is 22.4 Å². The minimum atomic E-state index is 0.630. The number of para-hydroxylation sites is 3. The van der Waals surface area contributed by atoms with Gasteiger partial charge in [0.25, 0.3) is 0 Å². The van der Waals surface area contributed by atoms with E-state index in [1.54, 1.807) is 0 Å². The molecule has 0 atom stereocenters. The molecule has 0 bridgehead atoms. The predicted octanol–water partition coefficient (Wildman–Crippen LogP) is 14.0. The Morgan fingerprint density at radius 1 is 0.351 bits per heavy atom. The highest BCUT2D eigenvalue weighted by Crippen LogP contribution is 2.41. The zero-order chi connectivity index (χ0) is 37.5. The molecule has 12 rings (SSSR count). The predicted molar refractivity (Wildman–Crippen MR) is 233 cm³/mol. The fourth-order valence-electron chi connectivity index (χ4n) is 8.56. The van der Waals surface area contributed by atoms with E-state index in [2.05, 4.69) is 144 Å². The summed E-state index contributed by atoms with van der Waals surface area (Å²) >= 11 is 0. The SMILES string of the molecule is c1ccc(-c2cc(-c3ccc4c(c3)oc3ccccc34)nc(-c3cccc4oc5ccc(-c6ccc7c(c6)c6ccccc6n7-c6ccccc6)cc5c34)n2)cc1. The summed E-state index contributed by atoms with van der Waals surface area (Å²) in [5.74, 6) is 0.630. The maximum absolute atomic E-state index is 6.52. The van der Waals surface area contributed by atoms with Gasteiger partial charge in [-0.25, -0.2) is 9.97 Å². The molecule has 8 aromatic carbocycles. The first-order valence-electron chi connectivity index (χ1n) is 19.1. The van der Waals surface area contributed by atoms with Gasteiger partial charge in [0, 0.05) is 54.7 Å². The number of furan rings is 2. The van der Waals surface area contributed by atoms with E-state index in [9.17, 15) is 0 Å². The molecule has 0 amide bonds. The molecule has 0 aliphatic carbocycles. The lowest BCUT2D eigenvalue weighted by Crippen LogP contribution is -1.96. The van der Waals surface area contributed by atoms with Crippen molar-refractivity contribution in [3.05, 3.63) is 188 Å². The Kier molecular flexibility index (Phi) is 6.86. The van der Waals surface area contributed by atoms with Crippen LogP contribution in [-0.2, 0) is 0 Å². The lowest BCUT2D eigenvalue weighted by Gasteiger charge is -2.10. The molecule has 0 saturated carbocycles. The highest BCUT2D eigenvalue weighted by molar-refractivity contribution is 6.14. The number of aromatic nitrogens is 3. The van der Waals surface area contributed by atoms with E-state index in [0.29, 0.717) is 5.82 Å². The van der Waals surface area contributed by atoms with Gasteiger partial charge in [0.15, 0.2) is 5.82 Å². The molecule has 0 unspecified atom stereocenters. The average Bonchev–Trinajstić information content (AvgIpc) is 3.95. The summed E-state index contributed by atoms with van der Waals surface area (Å²) in [6, 6.07) is 65.5. The minimum Gasteiger partial charge on any atom is -0.456 e. The minimum absolute atomic E-state index is 0.630. The van der Waals surface area contributed by atoms with Crippen LogP contribution in [0.5, 0.6) is 0 Å². The van der Waals surface area contributed by atoms with Crippen molar-refractivity contribution in [2.24, 2.45) is 0 Å². The van der Waals surface area contributed by atoms with E-state index < -0.39 is 0 Å². The number of nitrogens with zero attached hydrogens (tertiary/aromatic N) is 3. The quantitative estimate of drug-likeness (QED) is 0.177. The molecular weight excluding hydrogens is 699 g/mol. The van der Waals surface area contributed by atoms with Crippen LogP contribution in [0.25, 0.3) is 116 Å². The van der Waals surface area contributed by atoms with Gasteiger partial charge in [-0.3, -0.25) is 0 Å². The van der Waals surface area contributed by atoms with Crippen molar-refractivity contribution < 1.29 is 8.83 Å². The van der Waals surface area contributed by atoms with Crippen molar-refractivity contribution >= 4 is 65.7 Å². The highest BCUT2D eigenvalue weighted by Gasteiger charge is 2.19. The molecule has 4 aromatic heterocycles. The van der Waals surface area contributed by atoms with Gasteiger partial charge in [-0.1, -0.05) is 115 Å². The Bertz CT molecular complexity index is 3520. The molecule has 0 radical (unpaired) electrons. The lowest BCUT2D eigenvalue weighted by atomic mass is 9.99. The molecule has 266 valence electrons. The van der Waals surface area contributed by atoms with Crippen molar-refractivity contribution in [2.45, 2.75) is 0 Å². The van der Waals surface area contributed by atoms with E-state index in [1.807, 2.05) is 48.5 Å². The summed E-state index contributed by atoms with van der Waals surface area (Å²) in [7, 11) is 0. The van der Waals surface area contributed by atoms with Crippen LogP contribution in [0.4, 0.5) is 0 Å². The topological polar surface area (TPSA) is 57.0 Å². The van der Waals surface area contributed by atoms with E-state index >= 15 is 0 Å². The van der Waals surface area contributed by atoms with Crippen molar-refractivity contribution in [2.75, 3.05) is 0 Å². The number of benzene rings is 8. The summed E-state index contributed by atoms with van der Waals surface area (Å²) in [5, 5.41) is 6.62. The smallest absolute Gasteiger partial charge is 0.161 e. The molecule has 0 aliphatic heterocycles. The van der Waals surface area contributed by atoms with Crippen molar-refractivity contribution in [1.29, 1.82) is 0 Å². The summed E-state index contributed by atoms with van der Waals surface area (Å²) in [4.78, 5) is 10.5. The fraction of sp³-hybridized carbons (Fsp3) is 0. The Hall–Kier alpha value is -7.76. The summed E-state index contributed by atoms with van der Waals surface area (Å²) in [5.41, 5.74) is 13.6. The van der Waals surface area contributed by atoms with Crippen LogP contribution in [0.1, 0.15) is 0 Å². The number of fused-ring (bicyclic) bond motifs is 9. The van der Waals surface area contributed by atoms with E-state index in [4.69, 9.17) is 18.8 Å². The third-order valence-corrected chi connectivity index (χ3v) is 11.2. The molecular formula is C52H31N3O2. The maximum Gasteiger partial charge on any atom is 0.161 e. The Labute approximate surface area is 326 Å². The molecule has 4 heterocycles. The first kappa shape index (κ1) is 31.6. The fourth-order valence-corrected chi connectivity index (χ4v) is 8.56. The average molecular weight is 730 g/mol. The lowest BCUT2D eigenvalue weighted by molar-refractivity contribution is 0.668. The molecule has 12 aromatic rings. The third-order valence-electron chi connectivity index (χ3n) is 11.2. The van der Waals surface area contributed by atoms with Crippen molar-refractivity contribution in [3.8, 4) is 50.7 Å². The van der Waals surface area contributed by atoms with Crippen LogP contribution < -0.4 is 0 Å². The second-order valence-electron chi connectivity index (χ2n) is 14.5. The summed E-state index contributed by atoms with van der Waals surface area (Å²) in [6.07, 6.45) is 0. The van der Waals surface area contributed by atoms with Crippen LogP contribution in [0.2, 0.25) is 0 Å². The van der Waals surface area contributed by atoms with E-state index in [-0.39, 0.29) is 0 Å². The van der Waals surface area contributed by atoms with Gasteiger partial charge in [-0.2, -0.15) is 0 Å². The van der Waals surface area contributed by atoms with Gasteiger partial charge in [-0.05, 0) is 83.9 Å². The zero-order valence-electron chi connectivity index (χ0n) is 30.6. The normalized spacial score (nSPS) is 11.9. The second kappa shape index (κ2) is 12.4. The third kappa shape index (κ3) is 5.03. The highest BCUT2D eigenvalue weighted by atomic mass is 16.3. The zero-order valence-corrected chi connectivity index (χ0v) is 30.6. The number of hydrogen-bond donors (Lipinski definition) is 0. The molecule has 5 nitrogen and oxygen atoms in total. The summed E-state index contributed by atoms with van der Waals surface area (Å²) < 4.78 is 15.2. The number of rotatable bonds is 5. The molecule has 0 aliphatic rings. The van der Waals surface area contributed by atoms with Crippen LogP contribution in [0, 0.1) is 0 Å². The molecule has 57 heavy (non-hydrogen) atoms. The first-order valence-corrected chi connectivity index (χ1v) is 19.1. The van der Waals surface area contributed by atoms with Gasteiger partial charge < -0.3 is 13.4 Å². The maximum atomic E-state index is 6.52. The van der Waals surface area contributed by atoms with Gasteiger partial charge >= 0.3 is 0 Å². The summed E-state index contributed by atoms with van der Waals surface area (Å²) in [6.45, 7) is 0. The van der Waals surface area contributed by atoms with Crippen LogP contribution >= 0.6 is 0 Å². The van der Waals surface area contributed by atoms with Gasteiger partial charge in [0.1, 0.15) is 22.3 Å². The Morgan fingerprint density at radius 3 is 1.82 bits per heavy atom. The monoisotopic (exact) mass is 729 g/mol. The Balaban J connectivity index is 1.03. The van der Waals surface area contributed by atoms with Crippen molar-refractivity contribution in [1.82, 2.24) is 14.5 Å². The van der Waals surface area contributed by atoms with E-state index in [0.717, 1.165) is 88.8 Å². The number of hydrogen-bond acceptors (Lipinski definition) is 4. The first-order chi connectivity index (χ1) is 28.2. The molecule has 0 spiro atoms. The Morgan fingerprint density at radius 2 is 0.965 bits per heavy atom. The molecule has 0 N–H and O–H groups in total. The van der Waals surface area contributed by atoms with E-state index in [1.165, 1.54) is 21.8 Å². The van der Waals surface area contributed by atoms with Crippen LogP contribution in [0.3, 0.4) is 0 Å². The molecule has 0 saturated heterocycles.